The van der Waals surface area contributed by atoms with Crippen LogP contribution in [0.25, 0.3) is 0 Å². The lowest BCUT2D eigenvalue weighted by Crippen LogP contribution is -2.46. The lowest BCUT2D eigenvalue weighted by molar-refractivity contribution is -0.0445. The Morgan fingerprint density at radius 3 is 2.36 bits per heavy atom. The number of ether oxygens (including phenoxy) is 1. The van der Waals surface area contributed by atoms with Crippen molar-refractivity contribution in [3.05, 3.63) is 0 Å². The van der Waals surface area contributed by atoms with Crippen LogP contribution >= 0.6 is 0 Å². The van der Waals surface area contributed by atoms with Crippen molar-refractivity contribution in [1.82, 2.24) is 5.32 Å². The molecular weight excluding hydrogens is 178 g/mol. The molecule has 0 spiro atoms. The maximum absolute atomic E-state index is 9.09. The SMILES string of the molecule is CC[C@@H](CO)NC1CC(C)OC(C)C1. The highest BCUT2D eigenvalue weighted by atomic mass is 16.5. The average Bonchev–Trinajstić information content (AvgIpc) is 2.12. The molecule has 3 atom stereocenters. The molecule has 0 bridgehead atoms. The molecule has 0 aromatic rings. The molecule has 1 rings (SSSR count). The van der Waals surface area contributed by atoms with E-state index in [0.717, 1.165) is 19.3 Å². The van der Waals surface area contributed by atoms with E-state index >= 15 is 0 Å². The molecule has 0 amide bonds. The standard InChI is InChI=1S/C11H23NO2/c1-4-10(7-13)12-11-5-8(2)14-9(3)6-11/h8-13H,4-7H2,1-3H3/t8?,9?,10-,11?/m0/s1. The summed E-state index contributed by atoms with van der Waals surface area (Å²) in [5, 5.41) is 12.6. The van der Waals surface area contributed by atoms with Crippen LogP contribution < -0.4 is 5.32 Å². The van der Waals surface area contributed by atoms with E-state index in [1.807, 2.05) is 0 Å². The van der Waals surface area contributed by atoms with Crippen molar-refractivity contribution in [1.29, 1.82) is 0 Å². The Morgan fingerprint density at radius 1 is 1.36 bits per heavy atom. The van der Waals surface area contributed by atoms with Crippen LogP contribution in [-0.2, 0) is 4.74 Å². The molecule has 1 aliphatic heterocycles. The molecule has 1 saturated heterocycles. The molecule has 3 nitrogen and oxygen atoms in total. The van der Waals surface area contributed by atoms with E-state index < -0.39 is 0 Å². The second-order valence-electron chi connectivity index (χ2n) is 4.38. The molecule has 1 aliphatic rings. The third kappa shape index (κ3) is 3.56. The van der Waals surface area contributed by atoms with E-state index in [0.29, 0.717) is 18.2 Å². The van der Waals surface area contributed by atoms with Crippen LogP contribution in [0.4, 0.5) is 0 Å². The molecule has 14 heavy (non-hydrogen) atoms. The highest BCUT2D eigenvalue weighted by Crippen LogP contribution is 2.19. The molecule has 0 aliphatic carbocycles. The van der Waals surface area contributed by atoms with Crippen molar-refractivity contribution in [3.63, 3.8) is 0 Å². The number of aliphatic hydroxyl groups excluding tert-OH is 1. The van der Waals surface area contributed by atoms with Crippen LogP contribution in [0.2, 0.25) is 0 Å². The summed E-state index contributed by atoms with van der Waals surface area (Å²) in [5.41, 5.74) is 0. The number of rotatable bonds is 4. The summed E-state index contributed by atoms with van der Waals surface area (Å²) in [6.45, 7) is 6.56. The van der Waals surface area contributed by atoms with Crippen LogP contribution in [0.5, 0.6) is 0 Å². The van der Waals surface area contributed by atoms with Crippen molar-refractivity contribution in [3.8, 4) is 0 Å². The van der Waals surface area contributed by atoms with E-state index in [1.165, 1.54) is 0 Å². The highest BCUT2D eigenvalue weighted by Gasteiger charge is 2.25. The fraction of sp³-hybridized carbons (Fsp3) is 1.00. The minimum atomic E-state index is 0.233. The van der Waals surface area contributed by atoms with Crippen molar-refractivity contribution >= 4 is 0 Å². The van der Waals surface area contributed by atoms with Crippen molar-refractivity contribution in [2.75, 3.05) is 6.61 Å². The van der Waals surface area contributed by atoms with Crippen LogP contribution in [0, 0.1) is 0 Å². The first-order valence-electron chi connectivity index (χ1n) is 5.68. The fourth-order valence-corrected chi connectivity index (χ4v) is 2.17. The Labute approximate surface area is 86.8 Å². The van der Waals surface area contributed by atoms with Gasteiger partial charge in [-0.25, -0.2) is 0 Å². The van der Waals surface area contributed by atoms with Gasteiger partial charge in [-0.05, 0) is 33.1 Å². The maximum atomic E-state index is 9.09. The van der Waals surface area contributed by atoms with Gasteiger partial charge in [-0.2, -0.15) is 0 Å². The molecule has 0 radical (unpaired) electrons. The summed E-state index contributed by atoms with van der Waals surface area (Å²) in [5.74, 6) is 0. The molecule has 1 heterocycles. The number of hydrogen-bond acceptors (Lipinski definition) is 3. The summed E-state index contributed by atoms with van der Waals surface area (Å²) in [6, 6.07) is 0.753. The normalized spacial score (nSPS) is 35.6. The topological polar surface area (TPSA) is 41.5 Å². The Kier molecular flexibility index (Phi) is 4.85. The maximum Gasteiger partial charge on any atom is 0.0584 e. The zero-order valence-corrected chi connectivity index (χ0v) is 9.49. The summed E-state index contributed by atoms with van der Waals surface area (Å²) in [6.07, 6.45) is 3.78. The van der Waals surface area contributed by atoms with E-state index in [1.54, 1.807) is 0 Å². The Balaban J connectivity index is 2.35. The lowest BCUT2D eigenvalue weighted by Gasteiger charge is -2.34. The molecule has 2 unspecified atom stereocenters. The zero-order chi connectivity index (χ0) is 10.6. The van der Waals surface area contributed by atoms with Gasteiger partial charge in [-0.3, -0.25) is 0 Å². The predicted octanol–water partition coefficient (Wildman–Crippen LogP) is 1.30. The fourth-order valence-electron chi connectivity index (χ4n) is 2.17. The van der Waals surface area contributed by atoms with Gasteiger partial charge in [0.2, 0.25) is 0 Å². The second-order valence-corrected chi connectivity index (χ2v) is 4.38. The second kappa shape index (κ2) is 5.69. The van der Waals surface area contributed by atoms with Crippen molar-refractivity contribution < 1.29 is 9.84 Å². The van der Waals surface area contributed by atoms with E-state index in [4.69, 9.17) is 9.84 Å². The van der Waals surface area contributed by atoms with E-state index in [2.05, 4.69) is 26.1 Å². The van der Waals surface area contributed by atoms with Crippen molar-refractivity contribution in [2.24, 2.45) is 0 Å². The third-order valence-corrected chi connectivity index (χ3v) is 2.88. The molecular formula is C11H23NO2. The highest BCUT2D eigenvalue weighted by molar-refractivity contribution is 4.81. The van der Waals surface area contributed by atoms with E-state index in [9.17, 15) is 0 Å². The van der Waals surface area contributed by atoms with Crippen LogP contribution in [0.15, 0.2) is 0 Å². The first-order chi connectivity index (χ1) is 6.65. The number of nitrogens with one attached hydrogen (secondary N) is 1. The van der Waals surface area contributed by atoms with Gasteiger partial charge < -0.3 is 15.2 Å². The lowest BCUT2D eigenvalue weighted by atomic mass is 9.98. The zero-order valence-electron chi connectivity index (χ0n) is 9.49. The van der Waals surface area contributed by atoms with Gasteiger partial charge in [0.15, 0.2) is 0 Å². The van der Waals surface area contributed by atoms with Gasteiger partial charge in [0.05, 0.1) is 18.8 Å². The molecule has 0 saturated carbocycles. The van der Waals surface area contributed by atoms with Gasteiger partial charge in [0.1, 0.15) is 0 Å². The summed E-state index contributed by atoms with van der Waals surface area (Å²) in [7, 11) is 0. The number of aliphatic hydroxyl groups is 1. The predicted molar refractivity (Wildman–Crippen MR) is 57.3 cm³/mol. The first kappa shape index (κ1) is 12.0. The Morgan fingerprint density at radius 2 is 1.93 bits per heavy atom. The first-order valence-corrected chi connectivity index (χ1v) is 5.68. The third-order valence-electron chi connectivity index (χ3n) is 2.88. The monoisotopic (exact) mass is 201 g/mol. The molecule has 0 aromatic heterocycles. The Bertz CT molecular complexity index is 149. The van der Waals surface area contributed by atoms with Gasteiger partial charge in [0, 0.05) is 12.1 Å². The molecule has 84 valence electrons. The average molecular weight is 201 g/mol. The van der Waals surface area contributed by atoms with Gasteiger partial charge in [-0.15, -0.1) is 0 Å². The summed E-state index contributed by atoms with van der Waals surface area (Å²) in [4.78, 5) is 0. The molecule has 0 aromatic carbocycles. The Hall–Kier alpha value is -0.120. The van der Waals surface area contributed by atoms with Gasteiger partial charge in [0.25, 0.3) is 0 Å². The molecule has 1 fully saturated rings. The van der Waals surface area contributed by atoms with Crippen LogP contribution in [0.3, 0.4) is 0 Å². The smallest absolute Gasteiger partial charge is 0.0584 e. The van der Waals surface area contributed by atoms with Crippen LogP contribution in [-0.4, -0.2) is 36.0 Å². The summed E-state index contributed by atoms with van der Waals surface area (Å²) < 4.78 is 5.66. The minimum Gasteiger partial charge on any atom is -0.395 e. The molecule has 3 heteroatoms. The van der Waals surface area contributed by atoms with Gasteiger partial charge >= 0.3 is 0 Å². The van der Waals surface area contributed by atoms with Crippen LogP contribution in [0.1, 0.15) is 40.0 Å². The van der Waals surface area contributed by atoms with E-state index in [-0.39, 0.29) is 12.6 Å². The van der Waals surface area contributed by atoms with Crippen molar-refractivity contribution in [2.45, 2.75) is 64.3 Å². The van der Waals surface area contributed by atoms with Gasteiger partial charge in [-0.1, -0.05) is 6.92 Å². The minimum absolute atomic E-state index is 0.233. The quantitative estimate of drug-likeness (QED) is 0.720. The summed E-state index contributed by atoms with van der Waals surface area (Å²) >= 11 is 0. The molecule has 2 N–H and O–H groups in total. The largest absolute Gasteiger partial charge is 0.395 e. The number of hydrogen-bond donors (Lipinski definition) is 2.